The average Bonchev–Trinajstić information content (AvgIpc) is 3.21. The summed E-state index contributed by atoms with van der Waals surface area (Å²) in [4.78, 5) is 31.3. The van der Waals surface area contributed by atoms with E-state index in [0.29, 0.717) is 49.2 Å². The monoisotopic (exact) mass is 398 g/mol. The first kappa shape index (κ1) is 19.5. The minimum atomic E-state index is -0.491. The lowest BCUT2D eigenvalue weighted by atomic mass is 10.2. The van der Waals surface area contributed by atoms with Crippen molar-refractivity contribution >= 4 is 33.6 Å². The number of unbranched alkanes of at least 4 members (excludes halogenated alkanes) is 1. The molecule has 1 aliphatic rings. The molecule has 2 aromatic heterocycles. The Balaban J connectivity index is 1.74. The fourth-order valence-electron chi connectivity index (χ4n) is 2.86. The molecule has 1 fully saturated rings. The zero-order chi connectivity index (χ0) is 19.4. The van der Waals surface area contributed by atoms with Crippen molar-refractivity contribution in [2.75, 3.05) is 25.6 Å². The van der Waals surface area contributed by atoms with Gasteiger partial charge in [0.1, 0.15) is 10.9 Å². The smallest absolute Gasteiger partial charge is 0.311 e. The third kappa shape index (κ3) is 4.54. The lowest BCUT2D eigenvalue weighted by Crippen LogP contribution is -2.21. The molecular weight excluding hydrogens is 376 g/mol. The van der Waals surface area contributed by atoms with E-state index in [0.717, 1.165) is 11.3 Å². The second kappa shape index (κ2) is 8.63. The second-order valence-electron chi connectivity index (χ2n) is 6.15. The molecule has 1 saturated heterocycles. The molecule has 3 heterocycles. The molecule has 0 amide bonds. The Morgan fingerprint density at radius 2 is 2.15 bits per heavy atom. The standard InChI is InChI=1S/C16H22N4O6S/c1-9(22)24-6-2-3-7-25-14-12-13(18-15(17)19-14)20(16(23)27-12)11-5-4-10(8-21)26-11/h10-11,21H,2-8H2,1H3,(H2,17,18,19)/t10-,11+/m0/s1. The van der Waals surface area contributed by atoms with E-state index in [4.69, 9.17) is 19.9 Å². The zero-order valence-electron chi connectivity index (χ0n) is 14.9. The summed E-state index contributed by atoms with van der Waals surface area (Å²) in [5.74, 6) is -0.0619. The van der Waals surface area contributed by atoms with Crippen molar-refractivity contribution in [3.8, 4) is 5.88 Å². The van der Waals surface area contributed by atoms with Gasteiger partial charge >= 0.3 is 10.8 Å². The summed E-state index contributed by atoms with van der Waals surface area (Å²) >= 11 is 0.972. The SMILES string of the molecule is CC(=O)OCCCCOc1nc(N)nc2c1sc(=O)n2[C@H]1CC[C@@H](CO)O1. The van der Waals surface area contributed by atoms with Crippen LogP contribution >= 0.6 is 11.3 Å². The van der Waals surface area contributed by atoms with Crippen LogP contribution in [0.3, 0.4) is 0 Å². The van der Waals surface area contributed by atoms with Gasteiger partial charge in [-0.25, -0.2) is 0 Å². The molecule has 1 aliphatic heterocycles. The van der Waals surface area contributed by atoms with Gasteiger partial charge in [-0.15, -0.1) is 0 Å². The maximum absolute atomic E-state index is 12.5. The van der Waals surface area contributed by atoms with Gasteiger partial charge in [0.05, 0.1) is 25.9 Å². The molecule has 0 unspecified atom stereocenters. The molecule has 0 saturated carbocycles. The maximum Gasteiger partial charge on any atom is 0.311 e. The number of ether oxygens (including phenoxy) is 3. The highest BCUT2D eigenvalue weighted by atomic mass is 32.1. The number of esters is 1. The Morgan fingerprint density at radius 3 is 2.85 bits per heavy atom. The van der Waals surface area contributed by atoms with Crippen molar-refractivity contribution in [1.29, 1.82) is 0 Å². The first-order valence-electron chi connectivity index (χ1n) is 8.70. The summed E-state index contributed by atoms with van der Waals surface area (Å²) in [6, 6.07) is 0. The van der Waals surface area contributed by atoms with E-state index >= 15 is 0 Å². The zero-order valence-corrected chi connectivity index (χ0v) is 15.7. The number of carbonyl (C=O) groups excluding carboxylic acids is 1. The highest BCUT2D eigenvalue weighted by Gasteiger charge is 2.30. The summed E-state index contributed by atoms with van der Waals surface area (Å²) in [5.41, 5.74) is 6.16. The Labute approximate surface area is 158 Å². The number of nitrogens with two attached hydrogens (primary N) is 1. The predicted octanol–water partition coefficient (Wildman–Crippen LogP) is 0.827. The molecule has 2 aromatic rings. The number of nitrogen functional groups attached to an aromatic ring is 1. The number of aliphatic hydroxyl groups excluding tert-OH is 1. The Bertz CT molecular complexity index is 866. The number of anilines is 1. The quantitative estimate of drug-likeness (QED) is 0.489. The van der Waals surface area contributed by atoms with Crippen LogP contribution in [0.4, 0.5) is 5.95 Å². The van der Waals surface area contributed by atoms with E-state index < -0.39 is 6.23 Å². The number of aliphatic hydroxyl groups is 1. The van der Waals surface area contributed by atoms with E-state index in [9.17, 15) is 14.7 Å². The Hall–Kier alpha value is -2.24. The largest absolute Gasteiger partial charge is 0.476 e. The van der Waals surface area contributed by atoms with E-state index in [1.165, 1.54) is 11.5 Å². The number of aromatic nitrogens is 3. The average molecular weight is 398 g/mol. The van der Waals surface area contributed by atoms with Gasteiger partial charge in [-0.2, -0.15) is 9.97 Å². The number of nitrogens with zero attached hydrogens (tertiary/aromatic N) is 3. The van der Waals surface area contributed by atoms with Crippen molar-refractivity contribution in [3.05, 3.63) is 9.67 Å². The summed E-state index contributed by atoms with van der Waals surface area (Å²) in [7, 11) is 0. The molecule has 27 heavy (non-hydrogen) atoms. The van der Waals surface area contributed by atoms with Crippen molar-refractivity contribution in [2.24, 2.45) is 0 Å². The maximum atomic E-state index is 12.5. The molecule has 0 bridgehead atoms. The minimum Gasteiger partial charge on any atom is -0.476 e. The van der Waals surface area contributed by atoms with Gasteiger partial charge in [0.15, 0.2) is 5.65 Å². The minimum absolute atomic E-state index is 0.000619. The molecule has 0 spiro atoms. The molecule has 11 heteroatoms. The van der Waals surface area contributed by atoms with Crippen LogP contribution in [0, 0.1) is 0 Å². The van der Waals surface area contributed by atoms with Crippen LogP contribution in [0.25, 0.3) is 10.3 Å². The molecular formula is C16H22N4O6S. The first-order valence-corrected chi connectivity index (χ1v) is 9.52. The number of fused-ring (bicyclic) bond motifs is 1. The van der Waals surface area contributed by atoms with Crippen LogP contribution in [0.1, 0.15) is 38.8 Å². The second-order valence-corrected chi connectivity index (χ2v) is 7.11. The van der Waals surface area contributed by atoms with Gasteiger partial charge in [-0.05, 0) is 25.7 Å². The molecule has 3 rings (SSSR count). The van der Waals surface area contributed by atoms with Gasteiger partial charge in [-0.1, -0.05) is 11.3 Å². The summed E-state index contributed by atoms with van der Waals surface area (Å²) in [5, 5.41) is 9.24. The van der Waals surface area contributed by atoms with Crippen molar-refractivity contribution in [1.82, 2.24) is 14.5 Å². The third-order valence-corrected chi connectivity index (χ3v) is 5.04. The molecule has 0 radical (unpaired) electrons. The van der Waals surface area contributed by atoms with E-state index in [2.05, 4.69) is 9.97 Å². The van der Waals surface area contributed by atoms with Crippen molar-refractivity contribution in [3.63, 3.8) is 0 Å². The molecule has 148 valence electrons. The molecule has 0 aromatic carbocycles. The van der Waals surface area contributed by atoms with E-state index in [1.54, 1.807) is 0 Å². The predicted molar refractivity (Wildman–Crippen MR) is 97.7 cm³/mol. The van der Waals surface area contributed by atoms with Crippen LogP contribution in [0.5, 0.6) is 5.88 Å². The summed E-state index contributed by atoms with van der Waals surface area (Å²) in [6.07, 6.45) is 1.79. The Morgan fingerprint density at radius 1 is 1.37 bits per heavy atom. The number of thiazole rings is 1. The summed E-state index contributed by atoms with van der Waals surface area (Å²) < 4.78 is 18.2. The lowest BCUT2D eigenvalue weighted by molar-refractivity contribution is -0.141. The van der Waals surface area contributed by atoms with Crippen LogP contribution in [-0.2, 0) is 14.3 Å². The third-order valence-electron chi connectivity index (χ3n) is 4.11. The lowest BCUT2D eigenvalue weighted by Gasteiger charge is -2.13. The molecule has 10 nitrogen and oxygen atoms in total. The molecule has 0 aliphatic carbocycles. The van der Waals surface area contributed by atoms with Gasteiger partial charge < -0.3 is 25.1 Å². The number of carbonyl (C=O) groups is 1. The molecule has 3 N–H and O–H groups in total. The van der Waals surface area contributed by atoms with Crippen LogP contribution in [0.2, 0.25) is 0 Å². The number of hydrogen-bond acceptors (Lipinski definition) is 10. The van der Waals surface area contributed by atoms with Gasteiger partial charge in [0, 0.05) is 6.92 Å². The fraction of sp³-hybridized carbons (Fsp3) is 0.625. The van der Waals surface area contributed by atoms with Gasteiger partial charge in [-0.3, -0.25) is 14.2 Å². The highest BCUT2D eigenvalue weighted by Crippen LogP contribution is 2.33. The normalized spacial score (nSPS) is 19.5. The Kier molecular flexibility index (Phi) is 6.24. The number of rotatable bonds is 8. The molecule has 2 atom stereocenters. The first-order chi connectivity index (χ1) is 13.0. The van der Waals surface area contributed by atoms with Crippen molar-refractivity contribution < 1.29 is 24.1 Å². The van der Waals surface area contributed by atoms with E-state index in [-0.39, 0.29) is 35.4 Å². The highest BCUT2D eigenvalue weighted by molar-refractivity contribution is 7.16. The van der Waals surface area contributed by atoms with Gasteiger partial charge in [0.25, 0.3) is 0 Å². The van der Waals surface area contributed by atoms with E-state index in [1.807, 2.05) is 0 Å². The fourth-order valence-corrected chi connectivity index (χ4v) is 3.77. The van der Waals surface area contributed by atoms with Gasteiger partial charge in [0.2, 0.25) is 11.8 Å². The topological polar surface area (TPSA) is 139 Å². The summed E-state index contributed by atoms with van der Waals surface area (Å²) in [6.45, 7) is 1.94. The van der Waals surface area contributed by atoms with Crippen molar-refractivity contribution in [2.45, 2.75) is 44.9 Å². The number of hydrogen-bond donors (Lipinski definition) is 2. The van der Waals surface area contributed by atoms with Crippen LogP contribution < -0.4 is 15.3 Å². The van der Waals surface area contributed by atoms with Crippen LogP contribution in [0.15, 0.2) is 4.79 Å². The van der Waals surface area contributed by atoms with Crippen LogP contribution in [-0.4, -0.2) is 51.5 Å².